The van der Waals surface area contributed by atoms with Crippen LogP contribution in [0.4, 0.5) is 5.13 Å². The van der Waals surface area contributed by atoms with Gasteiger partial charge < -0.3 is 5.32 Å². The molecular weight excluding hydrogens is 220 g/mol. The van der Waals surface area contributed by atoms with E-state index >= 15 is 0 Å². The van der Waals surface area contributed by atoms with E-state index in [0.29, 0.717) is 10.8 Å². The number of anilines is 1. The minimum absolute atomic E-state index is 0.406. The summed E-state index contributed by atoms with van der Waals surface area (Å²) in [5.41, 5.74) is 0.651. The lowest BCUT2D eigenvalue weighted by atomic mass is 10.5. The lowest BCUT2D eigenvalue weighted by Crippen LogP contribution is -1.98. The molecule has 0 saturated heterocycles. The molecule has 2 aromatic rings. The van der Waals surface area contributed by atoms with Crippen molar-refractivity contribution in [2.45, 2.75) is 13.3 Å². The molecule has 0 fully saturated rings. The molecule has 0 aliphatic rings. The molecule has 2 rings (SSSR count). The minimum atomic E-state index is 0.406. The molecule has 0 saturated carbocycles. The number of rotatable bonds is 3. The average Bonchev–Trinajstić information content (AvgIpc) is 2.56. The van der Waals surface area contributed by atoms with Crippen molar-refractivity contribution in [2.24, 2.45) is 0 Å². The quantitative estimate of drug-likeness (QED) is 0.877. The van der Waals surface area contributed by atoms with Gasteiger partial charge in [-0.3, -0.25) is 0 Å². The zero-order valence-corrected chi connectivity index (χ0v) is 9.19. The van der Waals surface area contributed by atoms with E-state index in [4.69, 9.17) is 11.6 Å². The van der Waals surface area contributed by atoms with Crippen molar-refractivity contribution in [3.05, 3.63) is 11.2 Å². The number of nitrogens with one attached hydrogen (secondary N) is 1. The second-order valence-corrected chi connectivity index (χ2v) is 4.22. The van der Waals surface area contributed by atoms with Gasteiger partial charge in [-0.15, -0.1) is 10.2 Å². The number of halogens is 1. The van der Waals surface area contributed by atoms with Gasteiger partial charge in [-0.25, -0.2) is 0 Å². The minimum Gasteiger partial charge on any atom is -0.361 e. The highest BCUT2D eigenvalue weighted by Crippen LogP contribution is 2.25. The van der Waals surface area contributed by atoms with Crippen molar-refractivity contribution in [2.75, 3.05) is 11.9 Å². The van der Waals surface area contributed by atoms with Gasteiger partial charge >= 0.3 is 0 Å². The van der Waals surface area contributed by atoms with E-state index in [9.17, 15) is 0 Å². The first-order valence-corrected chi connectivity index (χ1v) is 5.52. The summed E-state index contributed by atoms with van der Waals surface area (Å²) in [5, 5.41) is 12.1. The second-order valence-electron chi connectivity index (χ2n) is 2.80. The van der Waals surface area contributed by atoms with Gasteiger partial charge in [0.2, 0.25) is 0 Å². The van der Waals surface area contributed by atoms with Gasteiger partial charge in [0, 0.05) is 6.54 Å². The summed E-state index contributed by atoms with van der Waals surface area (Å²) in [7, 11) is 0. The third-order valence-corrected chi connectivity index (χ3v) is 2.79. The van der Waals surface area contributed by atoms with Crippen LogP contribution in [0.15, 0.2) is 6.07 Å². The average molecular weight is 229 g/mol. The van der Waals surface area contributed by atoms with Crippen molar-refractivity contribution in [1.29, 1.82) is 0 Å². The standard InChI is InChI=1S/C8H9ClN4S/c1-2-3-10-8-11-7-5(14-8)4-6(9)12-13-7/h4H,2-3H2,1H3,(H,10,11,13). The fourth-order valence-corrected chi connectivity index (χ4v) is 2.10. The highest BCUT2D eigenvalue weighted by molar-refractivity contribution is 7.22. The van der Waals surface area contributed by atoms with Gasteiger partial charge in [-0.05, 0) is 12.5 Å². The molecule has 0 aromatic carbocycles. The maximum absolute atomic E-state index is 5.72. The van der Waals surface area contributed by atoms with E-state index in [1.807, 2.05) is 0 Å². The van der Waals surface area contributed by atoms with Crippen LogP contribution < -0.4 is 5.32 Å². The van der Waals surface area contributed by atoms with Crippen molar-refractivity contribution < 1.29 is 0 Å². The highest BCUT2D eigenvalue weighted by Gasteiger charge is 2.05. The Kier molecular flexibility index (Phi) is 2.79. The maximum Gasteiger partial charge on any atom is 0.194 e. The summed E-state index contributed by atoms with van der Waals surface area (Å²) in [6.07, 6.45) is 1.07. The molecule has 4 nitrogen and oxygen atoms in total. The number of thiazole rings is 1. The Bertz CT molecular complexity index is 442. The Balaban J connectivity index is 2.32. The van der Waals surface area contributed by atoms with Gasteiger partial charge in [0.15, 0.2) is 15.9 Å². The van der Waals surface area contributed by atoms with E-state index < -0.39 is 0 Å². The summed E-state index contributed by atoms with van der Waals surface area (Å²) in [5.74, 6) is 0. The van der Waals surface area contributed by atoms with Gasteiger partial charge in [0.1, 0.15) is 0 Å². The Hall–Kier alpha value is -0.940. The molecule has 0 amide bonds. The van der Waals surface area contributed by atoms with Crippen molar-refractivity contribution >= 4 is 38.4 Å². The summed E-state index contributed by atoms with van der Waals surface area (Å²) in [4.78, 5) is 4.27. The Labute approximate surface area is 90.3 Å². The number of hydrogen-bond donors (Lipinski definition) is 1. The molecule has 0 atom stereocenters. The fourth-order valence-electron chi connectivity index (χ4n) is 1.03. The first-order valence-electron chi connectivity index (χ1n) is 4.33. The van der Waals surface area contributed by atoms with Crippen LogP contribution >= 0.6 is 22.9 Å². The van der Waals surface area contributed by atoms with E-state index in [0.717, 1.165) is 22.8 Å². The monoisotopic (exact) mass is 228 g/mol. The topological polar surface area (TPSA) is 50.7 Å². The molecule has 2 aromatic heterocycles. The van der Waals surface area contributed by atoms with Crippen LogP contribution in [-0.2, 0) is 0 Å². The number of fused-ring (bicyclic) bond motifs is 1. The zero-order chi connectivity index (χ0) is 9.97. The zero-order valence-electron chi connectivity index (χ0n) is 7.62. The molecule has 0 spiro atoms. The predicted molar refractivity (Wildman–Crippen MR) is 59.0 cm³/mol. The first kappa shape index (κ1) is 9.61. The summed E-state index contributed by atoms with van der Waals surface area (Å²) in [6.45, 7) is 3.03. The summed E-state index contributed by atoms with van der Waals surface area (Å²) >= 11 is 7.26. The molecule has 0 bridgehead atoms. The Morgan fingerprint density at radius 3 is 3.14 bits per heavy atom. The summed E-state index contributed by atoms with van der Waals surface area (Å²) < 4.78 is 0.962. The SMILES string of the molecule is CCCNc1nc2nnc(Cl)cc2s1. The third kappa shape index (κ3) is 1.93. The molecule has 14 heavy (non-hydrogen) atoms. The Morgan fingerprint density at radius 2 is 2.36 bits per heavy atom. The van der Waals surface area contributed by atoms with Gasteiger partial charge in [0.25, 0.3) is 0 Å². The molecule has 0 aliphatic carbocycles. The van der Waals surface area contributed by atoms with E-state index in [1.165, 1.54) is 0 Å². The van der Waals surface area contributed by atoms with Gasteiger partial charge in [-0.2, -0.15) is 4.98 Å². The number of nitrogens with zero attached hydrogens (tertiary/aromatic N) is 3. The lowest BCUT2D eigenvalue weighted by Gasteiger charge is -1.95. The van der Waals surface area contributed by atoms with Crippen LogP contribution in [0, 0.1) is 0 Å². The molecule has 0 unspecified atom stereocenters. The van der Waals surface area contributed by atoms with Crippen LogP contribution in [0.25, 0.3) is 10.3 Å². The van der Waals surface area contributed by atoms with Crippen molar-refractivity contribution in [1.82, 2.24) is 15.2 Å². The molecule has 0 radical (unpaired) electrons. The van der Waals surface area contributed by atoms with E-state index in [-0.39, 0.29) is 0 Å². The Morgan fingerprint density at radius 1 is 1.50 bits per heavy atom. The largest absolute Gasteiger partial charge is 0.361 e. The predicted octanol–water partition coefficient (Wildman–Crippen LogP) is 2.56. The highest BCUT2D eigenvalue weighted by atomic mass is 35.5. The van der Waals surface area contributed by atoms with Crippen molar-refractivity contribution in [3.63, 3.8) is 0 Å². The van der Waals surface area contributed by atoms with Gasteiger partial charge in [-0.1, -0.05) is 29.9 Å². The molecule has 0 aliphatic heterocycles. The molecule has 2 heterocycles. The third-order valence-electron chi connectivity index (χ3n) is 1.65. The number of hydrogen-bond acceptors (Lipinski definition) is 5. The van der Waals surface area contributed by atoms with E-state index in [1.54, 1.807) is 17.4 Å². The maximum atomic E-state index is 5.72. The first-order chi connectivity index (χ1) is 6.79. The van der Waals surface area contributed by atoms with Gasteiger partial charge in [0.05, 0.1) is 4.70 Å². The van der Waals surface area contributed by atoms with Crippen LogP contribution in [-0.4, -0.2) is 21.7 Å². The lowest BCUT2D eigenvalue weighted by molar-refractivity contribution is 0.975. The van der Waals surface area contributed by atoms with E-state index in [2.05, 4.69) is 27.4 Å². The summed E-state index contributed by atoms with van der Waals surface area (Å²) in [6, 6.07) is 1.78. The number of aromatic nitrogens is 3. The van der Waals surface area contributed by atoms with Crippen LogP contribution in [0.1, 0.15) is 13.3 Å². The fraction of sp³-hybridized carbons (Fsp3) is 0.375. The molecule has 74 valence electrons. The molecule has 6 heteroatoms. The molecule has 1 N–H and O–H groups in total. The second kappa shape index (κ2) is 4.06. The van der Waals surface area contributed by atoms with Crippen LogP contribution in [0.5, 0.6) is 0 Å². The van der Waals surface area contributed by atoms with Crippen LogP contribution in [0.2, 0.25) is 5.15 Å². The molecular formula is C8H9ClN4S. The normalized spacial score (nSPS) is 10.7. The van der Waals surface area contributed by atoms with Crippen LogP contribution in [0.3, 0.4) is 0 Å². The smallest absolute Gasteiger partial charge is 0.194 e. The van der Waals surface area contributed by atoms with Crippen molar-refractivity contribution in [3.8, 4) is 0 Å².